The van der Waals surface area contributed by atoms with Gasteiger partial charge >= 0.3 is 0 Å². The summed E-state index contributed by atoms with van der Waals surface area (Å²) in [5.41, 5.74) is 0. The van der Waals surface area contributed by atoms with Crippen LogP contribution < -0.4 is 0 Å². The molecule has 0 bridgehead atoms. The summed E-state index contributed by atoms with van der Waals surface area (Å²) in [6.45, 7) is 0. The molecule has 31 valence electrons. The number of rotatable bonds is 0. The first-order valence-corrected chi connectivity index (χ1v) is 2.45. The van der Waals surface area contributed by atoms with E-state index in [1.807, 2.05) is 12.5 Å². The van der Waals surface area contributed by atoms with Crippen LogP contribution in [0.1, 0.15) is 0 Å². The van der Waals surface area contributed by atoms with Crippen LogP contribution >= 0.6 is 11.8 Å². The summed E-state index contributed by atoms with van der Waals surface area (Å²) in [6.07, 6.45) is 4.08. The summed E-state index contributed by atoms with van der Waals surface area (Å²) in [4.78, 5) is 0. The van der Waals surface area contributed by atoms with Crippen molar-refractivity contribution < 1.29 is 22.4 Å². The van der Waals surface area contributed by atoms with E-state index in [0.717, 1.165) is 0 Å². The molecular formula is C2H6AuS. The second-order valence-electron chi connectivity index (χ2n) is 0.408. The molecular weight excluding hydrogens is 253 g/mol. The molecule has 0 aromatic heterocycles. The maximum absolute atomic E-state index is 2.04. The number of hydrogen-bond acceptors (Lipinski definition) is 1. The average molecular weight is 259 g/mol. The van der Waals surface area contributed by atoms with Crippen LogP contribution in [0.5, 0.6) is 0 Å². The molecule has 1 radical (unpaired) electrons. The largest absolute Gasteiger partial charge is 0.169 e. The van der Waals surface area contributed by atoms with Crippen molar-refractivity contribution in [3.8, 4) is 0 Å². The third kappa shape index (κ3) is 11.4. The predicted octanol–water partition coefficient (Wildman–Crippen LogP) is 0.977. The SMILES string of the molecule is CSC.[Au]. The van der Waals surface area contributed by atoms with Gasteiger partial charge in [0.05, 0.1) is 0 Å². The van der Waals surface area contributed by atoms with Crippen LogP contribution in [0.4, 0.5) is 0 Å². The molecule has 0 saturated carbocycles. The molecule has 0 saturated heterocycles. The van der Waals surface area contributed by atoms with Gasteiger partial charge in [0.2, 0.25) is 0 Å². The summed E-state index contributed by atoms with van der Waals surface area (Å²) in [6, 6.07) is 0. The second-order valence-corrected chi connectivity index (χ2v) is 1.22. The van der Waals surface area contributed by atoms with Crippen LogP contribution in [-0.4, -0.2) is 12.5 Å². The van der Waals surface area contributed by atoms with Gasteiger partial charge in [-0.25, -0.2) is 0 Å². The maximum Gasteiger partial charge on any atom is 0 e. The smallest absolute Gasteiger partial charge is 0 e. The van der Waals surface area contributed by atoms with Crippen molar-refractivity contribution in [1.82, 2.24) is 0 Å². The van der Waals surface area contributed by atoms with E-state index in [1.54, 1.807) is 11.8 Å². The van der Waals surface area contributed by atoms with Crippen molar-refractivity contribution in [2.75, 3.05) is 12.5 Å². The molecule has 0 fully saturated rings. The Hall–Kier alpha value is 1.09. The Morgan fingerprint density at radius 1 is 1.25 bits per heavy atom. The van der Waals surface area contributed by atoms with Crippen molar-refractivity contribution in [1.29, 1.82) is 0 Å². The van der Waals surface area contributed by atoms with Crippen LogP contribution in [0, 0.1) is 0 Å². The summed E-state index contributed by atoms with van der Waals surface area (Å²) in [7, 11) is 0. The average Bonchev–Trinajstić information content (AvgIpc) is 0.918. The molecule has 0 unspecified atom stereocenters. The van der Waals surface area contributed by atoms with Crippen LogP contribution in [0.25, 0.3) is 0 Å². The first-order chi connectivity index (χ1) is 1.41. The molecule has 0 aliphatic heterocycles. The first kappa shape index (κ1) is 8.92. The van der Waals surface area contributed by atoms with Gasteiger partial charge < -0.3 is 0 Å². The van der Waals surface area contributed by atoms with Gasteiger partial charge in [-0.05, 0) is 12.5 Å². The fourth-order valence-corrected chi connectivity index (χ4v) is 0. The third-order valence-electron chi connectivity index (χ3n) is 0. The molecule has 0 N–H and O–H groups in total. The second kappa shape index (κ2) is 8.94. The Morgan fingerprint density at radius 2 is 1.25 bits per heavy atom. The normalized spacial score (nSPS) is 4.50. The minimum atomic E-state index is 0. The van der Waals surface area contributed by atoms with E-state index in [-0.39, 0.29) is 22.4 Å². The monoisotopic (exact) mass is 259 g/mol. The fourth-order valence-electron chi connectivity index (χ4n) is 0. The molecule has 0 spiro atoms. The molecule has 0 amide bonds. The van der Waals surface area contributed by atoms with E-state index in [1.165, 1.54) is 0 Å². The molecule has 0 nitrogen and oxygen atoms in total. The van der Waals surface area contributed by atoms with E-state index < -0.39 is 0 Å². The van der Waals surface area contributed by atoms with Crippen LogP contribution in [0.3, 0.4) is 0 Å². The number of hydrogen-bond donors (Lipinski definition) is 0. The summed E-state index contributed by atoms with van der Waals surface area (Å²) < 4.78 is 0. The Kier molecular flexibility index (Phi) is 19.9. The minimum Gasteiger partial charge on any atom is -0.169 e. The van der Waals surface area contributed by atoms with Gasteiger partial charge in [0, 0.05) is 22.4 Å². The van der Waals surface area contributed by atoms with Crippen molar-refractivity contribution >= 4 is 11.8 Å². The molecule has 0 aliphatic rings. The van der Waals surface area contributed by atoms with Gasteiger partial charge in [-0.1, -0.05) is 0 Å². The molecule has 4 heavy (non-hydrogen) atoms. The van der Waals surface area contributed by atoms with Crippen LogP contribution in [0.15, 0.2) is 0 Å². The molecule has 0 heterocycles. The minimum absolute atomic E-state index is 0. The summed E-state index contributed by atoms with van der Waals surface area (Å²) in [5, 5.41) is 0. The topological polar surface area (TPSA) is 0 Å². The van der Waals surface area contributed by atoms with E-state index in [4.69, 9.17) is 0 Å². The van der Waals surface area contributed by atoms with Crippen molar-refractivity contribution in [3.05, 3.63) is 0 Å². The molecule has 0 aromatic carbocycles. The third-order valence-corrected chi connectivity index (χ3v) is 0. The van der Waals surface area contributed by atoms with Crippen molar-refractivity contribution in [2.45, 2.75) is 0 Å². The Morgan fingerprint density at radius 3 is 1.25 bits per heavy atom. The standard InChI is InChI=1S/C2H6S.Au/c1-3-2;/h1-2H3;. The van der Waals surface area contributed by atoms with Gasteiger partial charge in [-0.3, -0.25) is 0 Å². The van der Waals surface area contributed by atoms with Crippen LogP contribution in [0.2, 0.25) is 0 Å². The van der Waals surface area contributed by atoms with Gasteiger partial charge in [0.1, 0.15) is 0 Å². The Bertz CT molecular complexity index is 6.00. The summed E-state index contributed by atoms with van der Waals surface area (Å²) >= 11 is 1.75. The summed E-state index contributed by atoms with van der Waals surface area (Å²) in [5.74, 6) is 0. The molecule has 2 heteroatoms. The zero-order chi connectivity index (χ0) is 2.71. The predicted molar refractivity (Wildman–Crippen MR) is 19.4 cm³/mol. The molecule has 0 atom stereocenters. The van der Waals surface area contributed by atoms with Crippen molar-refractivity contribution in [3.63, 3.8) is 0 Å². The van der Waals surface area contributed by atoms with E-state index in [9.17, 15) is 0 Å². The van der Waals surface area contributed by atoms with Crippen molar-refractivity contribution in [2.24, 2.45) is 0 Å². The molecule has 0 aromatic rings. The first-order valence-electron chi connectivity index (χ1n) is 0.816. The molecule has 0 rings (SSSR count). The van der Waals surface area contributed by atoms with Gasteiger partial charge in [-0.15, -0.1) is 0 Å². The van der Waals surface area contributed by atoms with Gasteiger partial charge in [-0.2, -0.15) is 11.8 Å². The Labute approximate surface area is 46.9 Å². The molecule has 0 aliphatic carbocycles. The maximum atomic E-state index is 2.04. The van der Waals surface area contributed by atoms with Gasteiger partial charge in [0.15, 0.2) is 0 Å². The van der Waals surface area contributed by atoms with Crippen LogP contribution in [-0.2, 0) is 22.4 Å². The van der Waals surface area contributed by atoms with E-state index in [2.05, 4.69) is 0 Å². The number of thioether (sulfide) groups is 1. The van der Waals surface area contributed by atoms with E-state index >= 15 is 0 Å². The fraction of sp³-hybridized carbons (Fsp3) is 1.00. The Balaban J connectivity index is 0. The quantitative estimate of drug-likeness (QED) is 0.584. The zero-order valence-corrected chi connectivity index (χ0v) is 5.69. The van der Waals surface area contributed by atoms with E-state index in [0.29, 0.717) is 0 Å². The van der Waals surface area contributed by atoms with Gasteiger partial charge in [0.25, 0.3) is 0 Å². The zero-order valence-electron chi connectivity index (χ0n) is 2.71.